The maximum absolute atomic E-state index is 5.16. The zero-order chi connectivity index (χ0) is 24.3. The Balaban J connectivity index is 1.41. The van der Waals surface area contributed by atoms with Gasteiger partial charge < -0.3 is 0 Å². The summed E-state index contributed by atoms with van der Waals surface area (Å²) in [7, 11) is 0. The van der Waals surface area contributed by atoms with Gasteiger partial charge in [-0.2, -0.15) is 0 Å². The van der Waals surface area contributed by atoms with Crippen LogP contribution in [0.2, 0.25) is 0 Å². The molecule has 0 aliphatic carbocycles. The van der Waals surface area contributed by atoms with Gasteiger partial charge >= 0.3 is 0 Å². The number of hydrogen-bond acceptors (Lipinski definition) is 3. The number of benzene rings is 6. The van der Waals surface area contributed by atoms with E-state index < -0.39 is 0 Å². The van der Waals surface area contributed by atoms with E-state index in [1.807, 2.05) is 17.4 Å². The fraction of sp³-hybridized carbons (Fsp3) is 0. The molecule has 0 spiro atoms. The fourth-order valence-corrected chi connectivity index (χ4v) is 6.62. The van der Waals surface area contributed by atoms with Crippen LogP contribution in [-0.4, -0.2) is 9.97 Å². The van der Waals surface area contributed by atoms with E-state index in [-0.39, 0.29) is 0 Å². The molecule has 0 saturated carbocycles. The first kappa shape index (κ1) is 20.6. The van der Waals surface area contributed by atoms with Crippen molar-refractivity contribution in [3.8, 4) is 22.6 Å². The predicted molar refractivity (Wildman–Crippen MR) is 158 cm³/mol. The van der Waals surface area contributed by atoms with Crippen LogP contribution in [0.25, 0.3) is 75.3 Å². The summed E-state index contributed by atoms with van der Waals surface area (Å²) >= 11 is 1.85. The average Bonchev–Trinajstić information content (AvgIpc) is 3.36. The minimum atomic E-state index is 0.750. The van der Waals surface area contributed by atoms with E-state index in [4.69, 9.17) is 9.97 Å². The highest BCUT2D eigenvalue weighted by Crippen LogP contribution is 2.40. The van der Waals surface area contributed by atoms with E-state index in [1.54, 1.807) is 0 Å². The summed E-state index contributed by atoms with van der Waals surface area (Å²) in [5, 5.41) is 8.53. The van der Waals surface area contributed by atoms with Crippen molar-refractivity contribution in [1.29, 1.82) is 0 Å². The summed E-state index contributed by atoms with van der Waals surface area (Å²) in [6.45, 7) is 0. The van der Waals surface area contributed by atoms with Gasteiger partial charge in [-0.3, -0.25) is 0 Å². The third kappa shape index (κ3) is 3.18. The van der Waals surface area contributed by atoms with Crippen molar-refractivity contribution >= 4 is 64.0 Å². The van der Waals surface area contributed by atoms with Crippen molar-refractivity contribution in [2.24, 2.45) is 0 Å². The van der Waals surface area contributed by atoms with Gasteiger partial charge in [0, 0.05) is 42.1 Å². The second-order valence-corrected chi connectivity index (χ2v) is 10.5. The molecule has 2 nitrogen and oxygen atoms in total. The number of nitrogens with zero attached hydrogens (tertiary/aromatic N) is 2. The summed E-state index contributed by atoms with van der Waals surface area (Å²) < 4.78 is 2.65. The Hall–Kier alpha value is -4.60. The Labute approximate surface area is 217 Å². The summed E-state index contributed by atoms with van der Waals surface area (Å²) in [6, 6.07) is 43.0. The first-order chi connectivity index (χ1) is 18.3. The molecule has 37 heavy (non-hydrogen) atoms. The molecule has 0 radical (unpaired) electrons. The molecule has 8 rings (SSSR count). The molecule has 6 aromatic carbocycles. The van der Waals surface area contributed by atoms with Crippen molar-refractivity contribution in [3.63, 3.8) is 0 Å². The van der Waals surface area contributed by atoms with Gasteiger partial charge in [0.15, 0.2) is 5.82 Å². The van der Waals surface area contributed by atoms with Crippen molar-refractivity contribution < 1.29 is 0 Å². The van der Waals surface area contributed by atoms with Crippen molar-refractivity contribution in [3.05, 3.63) is 121 Å². The van der Waals surface area contributed by atoms with Gasteiger partial charge in [0.1, 0.15) is 0 Å². The van der Waals surface area contributed by atoms with Crippen LogP contribution in [0.5, 0.6) is 0 Å². The lowest BCUT2D eigenvalue weighted by atomic mass is 10.00. The minimum absolute atomic E-state index is 0.750. The van der Waals surface area contributed by atoms with E-state index in [1.165, 1.54) is 36.3 Å². The van der Waals surface area contributed by atoms with Gasteiger partial charge in [-0.1, -0.05) is 97.1 Å². The van der Waals surface area contributed by atoms with E-state index in [2.05, 4.69) is 115 Å². The standard InChI is InChI=1S/C34H20N2S/c1-2-9-22(10-3-1)32-28-18-14-21-8-4-5-11-26(21)33(28)36-34(35-32)24-15-17-25-23(20-24)16-19-30-31(25)27-12-6-7-13-29(27)37-30/h1-20H. The SMILES string of the molecule is c1ccc(-c2nc(-c3ccc4c(ccc5sc6ccccc6c54)c3)nc3c2ccc2ccccc23)cc1. The maximum atomic E-state index is 5.16. The first-order valence-electron chi connectivity index (χ1n) is 12.4. The van der Waals surface area contributed by atoms with Gasteiger partial charge in [-0.05, 0) is 40.4 Å². The number of thiophene rings is 1. The van der Waals surface area contributed by atoms with Crippen LogP contribution in [0.3, 0.4) is 0 Å². The molecule has 0 unspecified atom stereocenters. The monoisotopic (exact) mass is 488 g/mol. The van der Waals surface area contributed by atoms with Crippen LogP contribution in [0, 0.1) is 0 Å². The highest BCUT2D eigenvalue weighted by Gasteiger charge is 2.15. The normalized spacial score (nSPS) is 11.8. The lowest BCUT2D eigenvalue weighted by Crippen LogP contribution is -1.96. The van der Waals surface area contributed by atoms with E-state index in [0.717, 1.165) is 38.9 Å². The van der Waals surface area contributed by atoms with Crippen LogP contribution >= 0.6 is 11.3 Å². The zero-order valence-corrected chi connectivity index (χ0v) is 20.7. The highest BCUT2D eigenvalue weighted by molar-refractivity contribution is 7.26. The van der Waals surface area contributed by atoms with E-state index in [9.17, 15) is 0 Å². The van der Waals surface area contributed by atoms with Crippen molar-refractivity contribution in [2.45, 2.75) is 0 Å². The molecule has 0 aliphatic rings. The smallest absolute Gasteiger partial charge is 0.160 e. The van der Waals surface area contributed by atoms with Gasteiger partial charge in [-0.15, -0.1) is 11.3 Å². The Kier molecular flexibility index (Phi) is 4.42. The van der Waals surface area contributed by atoms with Crippen LogP contribution in [0.15, 0.2) is 121 Å². The van der Waals surface area contributed by atoms with E-state index >= 15 is 0 Å². The maximum Gasteiger partial charge on any atom is 0.160 e. The summed E-state index contributed by atoms with van der Waals surface area (Å²) in [6.07, 6.45) is 0. The van der Waals surface area contributed by atoms with Crippen molar-refractivity contribution in [2.75, 3.05) is 0 Å². The Morgan fingerprint density at radius 2 is 1.22 bits per heavy atom. The third-order valence-corrected chi connectivity index (χ3v) is 8.39. The molecule has 2 heterocycles. The molecule has 0 saturated heterocycles. The first-order valence-corrected chi connectivity index (χ1v) is 13.2. The summed E-state index contributed by atoms with van der Waals surface area (Å²) in [4.78, 5) is 10.3. The molecular formula is C34H20N2S. The molecule has 8 aromatic rings. The van der Waals surface area contributed by atoms with Gasteiger partial charge in [-0.25, -0.2) is 9.97 Å². The molecule has 0 N–H and O–H groups in total. The van der Waals surface area contributed by atoms with Crippen molar-refractivity contribution in [1.82, 2.24) is 9.97 Å². The van der Waals surface area contributed by atoms with Crippen LogP contribution in [0.4, 0.5) is 0 Å². The topological polar surface area (TPSA) is 25.8 Å². The van der Waals surface area contributed by atoms with Crippen LogP contribution in [-0.2, 0) is 0 Å². The Bertz CT molecular complexity index is 2140. The molecule has 0 atom stereocenters. The number of hydrogen-bond donors (Lipinski definition) is 0. The van der Waals surface area contributed by atoms with E-state index in [0.29, 0.717) is 0 Å². The summed E-state index contributed by atoms with van der Waals surface area (Å²) in [5.41, 5.74) is 4.07. The Morgan fingerprint density at radius 3 is 2.14 bits per heavy atom. The number of rotatable bonds is 2. The minimum Gasteiger partial charge on any atom is -0.227 e. The zero-order valence-electron chi connectivity index (χ0n) is 19.8. The van der Waals surface area contributed by atoms with Crippen LogP contribution < -0.4 is 0 Å². The molecule has 0 amide bonds. The van der Waals surface area contributed by atoms with Gasteiger partial charge in [0.2, 0.25) is 0 Å². The molecule has 0 fully saturated rings. The second-order valence-electron chi connectivity index (χ2n) is 9.42. The van der Waals surface area contributed by atoms with Gasteiger partial charge in [0.25, 0.3) is 0 Å². The molecule has 0 bridgehead atoms. The lowest BCUT2D eigenvalue weighted by Gasteiger charge is -2.12. The molecule has 2 aromatic heterocycles. The van der Waals surface area contributed by atoms with Crippen LogP contribution in [0.1, 0.15) is 0 Å². The Morgan fingerprint density at radius 1 is 0.459 bits per heavy atom. The molecule has 3 heteroatoms. The number of aromatic nitrogens is 2. The molecule has 172 valence electrons. The third-order valence-electron chi connectivity index (χ3n) is 7.25. The fourth-order valence-electron chi connectivity index (χ4n) is 5.50. The molecule has 0 aliphatic heterocycles. The largest absolute Gasteiger partial charge is 0.227 e. The number of fused-ring (bicyclic) bond motifs is 8. The van der Waals surface area contributed by atoms with Gasteiger partial charge in [0.05, 0.1) is 11.2 Å². The average molecular weight is 489 g/mol. The highest BCUT2D eigenvalue weighted by atomic mass is 32.1. The molecular weight excluding hydrogens is 468 g/mol. The predicted octanol–water partition coefficient (Wildman–Crippen LogP) is 9.64. The quantitative estimate of drug-likeness (QED) is 0.226. The summed E-state index contributed by atoms with van der Waals surface area (Å²) in [5.74, 6) is 0.750. The second kappa shape index (κ2) is 7.95. The lowest BCUT2D eigenvalue weighted by molar-refractivity contribution is 1.24.